The number of rotatable bonds is 5. The van der Waals surface area contributed by atoms with Crippen LogP contribution in [0.25, 0.3) is 16.3 Å². The van der Waals surface area contributed by atoms with Crippen molar-refractivity contribution in [3.05, 3.63) is 82.6 Å². The number of hydrogen-bond acceptors (Lipinski definition) is 4. The van der Waals surface area contributed by atoms with Crippen molar-refractivity contribution in [1.82, 2.24) is 20.0 Å². The third kappa shape index (κ3) is 3.58. The van der Waals surface area contributed by atoms with Crippen LogP contribution in [-0.4, -0.2) is 20.0 Å². The van der Waals surface area contributed by atoms with Crippen LogP contribution in [0.1, 0.15) is 22.0 Å². The van der Waals surface area contributed by atoms with Gasteiger partial charge >= 0.3 is 0 Å². The lowest BCUT2D eigenvalue weighted by Gasteiger charge is -2.04. The molecule has 0 bridgehead atoms. The number of aryl methyl sites for hydroxylation is 4. The number of nitrogens with zero attached hydrogens (tertiary/aromatic N) is 4. The maximum absolute atomic E-state index is 4.53. The first-order valence-corrected chi connectivity index (χ1v) is 9.51. The maximum atomic E-state index is 4.53. The smallest absolute Gasteiger partial charge is 0.147 e. The molecule has 0 fully saturated rings. The second-order valence-electron chi connectivity index (χ2n) is 6.37. The second-order valence-corrected chi connectivity index (χ2v) is 7.43. The zero-order valence-electron chi connectivity index (χ0n) is 14.9. The van der Waals surface area contributed by atoms with Crippen molar-refractivity contribution in [3.63, 3.8) is 0 Å². The Morgan fingerprint density at radius 3 is 2.35 bits per heavy atom. The Morgan fingerprint density at radius 2 is 1.65 bits per heavy atom. The van der Waals surface area contributed by atoms with Crippen molar-refractivity contribution >= 4 is 11.3 Å². The highest BCUT2D eigenvalue weighted by Gasteiger charge is 2.09. The van der Waals surface area contributed by atoms with Gasteiger partial charge < -0.3 is 0 Å². The van der Waals surface area contributed by atoms with Crippen molar-refractivity contribution in [2.24, 2.45) is 0 Å². The fourth-order valence-corrected chi connectivity index (χ4v) is 3.85. The Balaban J connectivity index is 1.48. The molecule has 2 aromatic carbocycles. The summed E-state index contributed by atoms with van der Waals surface area (Å²) in [5, 5.41) is 15.3. The van der Waals surface area contributed by atoms with Gasteiger partial charge in [0, 0.05) is 17.7 Å². The minimum atomic E-state index is 0.922. The van der Waals surface area contributed by atoms with Crippen molar-refractivity contribution < 1.29 is 0 Å². The summed E-state index contributed by atoms with van der Waals surface area (Å²) in [6, 6.07) is 20.9. The van der Waals surface area contributed by atoms with Gasteiger partial charge in [-0.25, -0.2) is 4.68 Å². The third-order valence-electron chi connectivity index (χ3n) is 4.31. The van der Waals surface area contributed by atoms with E-state index < -0.39 is 0 Å². The molecule has 0 atom stereocenters. The number of benzene rings is 2. The molecule has 0 radical (unpaired) electrons. The van der Waals surface area contributed by atoms with Gasteiger partial charge in [0.25, 0.3) is 0 Å². The number of hydrogen-bond donors (Lipinski definition) is 0. The highest BCUT2D eigenvalue weighted by atomic mass is 32.1. The van der Waals surface area contributed by atoms with E-state index in [1.165, 1.54) is 5.56 Å². The normalized spacial score (nSPS) is 11.0. The van der Waals surface area contributed by atoms with Gasteiger partial charge in [0.05, 0.1) is 11.4 Å². The molecule has 0 unspecified atom stereocenters. The van der Waals surface area contributed by atoms with Gasteiger partial charge in [0.1, 0.15) is 10.0 Å². The van der Waals surface area contributed by atoms with Gasteiger partial charge in [-0.2, -0.15) is 5.10 Å². The molecule has 0 amide bonds. The largest absolute Gasteiger partial charge is 0.238 e. The molecule has 0 saturated heterocycles. The summed E-state index contributed by atoms with van der Waals surface area (Å²) in [7, 11) is 0. The van der Waals surface area contributed by atoms with Crippen molar-refractivity contribution in [2.45, 2.75) is 26.7 Å². The quantitative estimate of drug-likeness (QED) is 0.514. The van der Waals surface area contributed by atoms with E-state index in [4.69, 9.17) is 0 Å². The SMILES string of the molecule is Cc1cc(C)n(-c2ccc(-c3nnc(CCc4ccccc4)s3)cc2)n1. The van der Waals surface area contributed by atoms with Gasteiger partial charge in [0.15, 0.2) is 0 Å². The fraction of sp³-hybridized carbons (Fsp3) is 0.190. The standard InChI is InChI=1S/C21H20N4S/c1-15-14-16(2)25(24-15)19-11-9-18(10-12-19)21-23-22-20(26-21)13-8-17-6-4-3-5-7-17/h3-7,9-12,14H,8,13H2,1-2H3. The maximum Gasteiger partial charge on any atom is 0.147 e. The van der Waals surface area contributed by atoms with Crippen molar-refractivity contribution in [3.8, 4) is 16.3 Å². The van der Waals surface area contributed by atoms with E-state index in [0.717, 1.165) is 45.5 Å². The Hall–Kier alpha value is -2.79. The molecule has 4 rings (SSSR count). The summed E-state index contributed by atoms with van der Waals surface area (Å²) in [5.74, 6) is 0. The lowest BCUT2D eigenvalue weighted by atomic mass is 10.1. The van der Waals surface area contributed by atoms with Crippen LogP contribution in [0, 0.1) is 13.8 Å². The summed E-state index contributed by atoms with van der Waals surface area (Å²) >= 11 is 1.67. The van der Waals surface area contributed by atoms with Gasteiger partial charge in [-0.05, 0) is 56.2 Å². The topological polar surface area (TPSA) is 43.6 Å². The minimum Gasteiger partial charge on any atom is -0.238 e. The molecular formula is C21H20N4S. The molecule has 0 N–H and O–H groups in total. The van der Waals surface area contributed by atoms with Crippen LogP contribution in [0.3, 0.4) is 0 Å². The van der Waals surface area contributed by atoms with E-state index in [0.29, 0.717) is 0 Å². The van der Waals surface area contributed by atoms with E-state index in [1.54, 1.807) is 11.3 Å². The predicted octanol–water partition coefficient (Wildman–Crippen LogP) is 4.79. The van der Waals surface area contributed by atoms with Crippen LogP contribution in [0.15, 0.2) is 60.7 Å². The Kier molecular flexibility index (Phi) is 4.63. The lowest BCUT2D eigenvalue weighted by Crippen LogP contribution is -1.98. The molecule has 0 aliphatic carbocycles. The summed E-state index contributed by atoms with van der Waals surface area (Å²) < 4.78 is 1.96. The van der Waals surface area contributed by atoms with Crippen LogP contribution in [0.2, 0.25) is 0 Å². The summed E-state index contributed by atoms with van der Waals surface area (Å²) in [6.45, 7) is 4.08. The highest BCUT2D eigenvalue weighted by Crippen LogP contribution is 2.25. The van der Waals surface area contributed by atoms with Gasteiger partial charge in [0.2, 0.25) is 0 Å². The van der Waals surface area contributed by atoms with Gasteiger partial charge in [-0.15, -0.1) is 10.2 Å². The zero-order chi connectivity index (χ0) is 17.9. The molecule has 5 heteroatoms. The van der Waals surface area contributed by atoms with Crippen LogP contribution >= 0.6 is 11.3 Å². The van der Waals surface area contributed by atoms with Crippen molar-refractivity contribution in [1.29, 1.82) is 0 Å². The van der Waals surface area contributed by atoms with E-state index in [2.05, 4.69) is 76.8 Å². The average molecular weight is 360 g/mol. The minimum absolute atomic E-state index is 0.922. The Labute approximate surface area is 157 Å². The Morgan fingerprint density at radius 1 is 0.885 bits per heavy atom. The van der Waals surface area contributed by atoms with Crippen LogP contribution < -0.4 is 0 Å². The first kappa shape index (κ1) is 16.7. The fourth-order valence-electron chi connectivity index (χ4n) is 3.00. The summed E-state index contributed by atoms with van der Waals surface area (Å²) in [5.41, 5.74) is 5.65. The second kappa shape index (κ2) is 7.22. The molecule has 130 valence electrons. The van der Waals surface area contributed by atoms with E-state index in [9.17, 15) is 0 Å². The van der Waals surface area contributed by atoms with Gasteiger partial charge in [-0.1, -0.05) is 41.7 Å². The molecule has 26 heavy (non-hydrogen) atoms. The molecular weight excluding hydrogens is 340 g/mol. The van der Waals surface area contributed by atoms with E-state index in [1.807, 2.05) is 17.7 Å². The lowest BCUT2D eigenvalue weighted by molar-refractivity contribution is 0.834. The molecule has 4 aromatic rings. The predicted molar refractivity (Wildman–Crippen MR) is 106 cm³/mol. The van der Waals surface area contributed by atoms with Gasteiger partial charge in [-0.3, -0.25) is 0 Å². The first-order valence-electron chi connectivity index (χ1n) is 8.69. The van der Waals surface area contributed by atoms with Crippen molar-refractivity contribution in [2.75, 3.05) is 0 Å². The van der Waals surface area contributed by atoms with Crippen LogP contribution in [0.4, 0.5) is 0 Å². The summed E-state index contributed by atoms with van der Waals surface area (Å²) in [6.07, 6.45) is 1.91. The Bertz CT molecular complexity index is 1000. The molecule has 2 heterocycles. The third-order valence-corrected chi connectivity index (χ3v) is 5.34. The van der Waals surface area contributed by atoms with E-state index >= 15 is 0 Å². The molecule has 0 saturated carbocycles. The highest BCUT2D eigenvalue weighted by molar-refractivity contribution is 7.14. The zero-order valence-corrected chi connectivity index (χ0v) is 15.7. The molecule has 0 spiro atoms. The van der Waals surface area contributed by atoms with Crippen LogP contribution in [-0.2, 0) is 12.8 Å². The molecule has 4 nitrogen and oxygen atoms in total. The molecule has 0 aliphatic heterocycles. The average Bonchev–Trinajstić information content (AvgIpc) is 3.27. The monoisotopic (exact) mass is 360 g/mol. The molecule has 0 aliphatic rings. The van der Waals surface area contributed by atoms with E-state index in [-0.39, 0.29) is 0 Å². The number of aromatic nitrogens is 4. The summed E-state index contributed by atoms with van der Waals surface area (Å²) in [4.78, 5) is 0. The molecule has 2 aromatic heterocycles. The van der Waals surface area contributed by atoms with Crippen LogP contribution in [0.5, 0.6) is 0 Å². The first-order chi connectivity index (χ1) is 12.7.